The molecular formula is C21H26N2O4. The minimum atomic E-state index is -0.305. The molecule has 2 aromatic rings. The van der Waals surface area contributed by atoms with Gasteiger partial charge in [0.1, 0.15) is 5.75 Å². The first kappa shape index (κ1) is 19.2. The lowest BCUT2D eigenvalue weighted by atomic mass is 9.75. The summed E-state index contributed by atoms with van der Waals surface area (Å²) in [5.41, 5.74) is 1.41. The number of aliphatic hydroxyl groups is 1. The van der Waals surface area contributed by atoms with Gasteiger partial charge in [0.05, 0.1) is 31.4 Å². The van der Waals surface area contributed by atoms with Gasteiger partial charge >= 0.3 is 0 Å². The summed E-state index contributed by atoms with van der Waals surface area (Å²) in [5.74, 6) is 1.08. The molecule has 0 spiro atoms. The molecular weight excluding hydrogens is 344 g/mol. The Morgan fingerprint density at radius 1 is 1.30 bits per heavy atom. The molecule has 27 heavy (non-hydrogen) atoms. The first-order valence-electron chi connectivity index (χ1n) is 9.33. The zero-order valence-electron chi connectivity index (χ0n) is 15.7. The van der Waals surface area contributed by atoms with Crippen LogP contribution in [0.15, 0.2) is 42.6 Å². The molecule has 1 heterocycles. The third kappa shape index (κ3) is 4.57. The molecule has 1 saturated carbocycles. The summed E-state index contributed by atoms with van der Waals surface area (Å²) in [5, 5.41) is 12.8. The van der Waals surface area contributed by atoms with E-state index in [2.05, 4.69) is 10.3 Å². The third-order valence-corrected chi connectivity index (χ3v) is 4.83. The van der Waals surface area contributed by atoms with Crippen LogP contribution in [0.3, 0.4) is 0 Å². The van der Waals surface area contributed by atoms with Gasteiger partial charge in [-0.3, -0.25) is 4.79 Å². The number of rotatable bonds is 8. The summed E-state index contributed by atoms with van der Waals surface area (Å²) >= 11 is 0. The molecule has 1 atom stereocenters. The average molecular weight is 370 g/mol. The van der Waals surface area contributed by atoms with Gasteiger partial charge in [-0.05, 0) is 42.9 Å². The predicted octanol–water partition coefficient (Wildman–Crippen LogP) is 3.12. The molecule has 144 valence electrons. The summed E-state index contributed by atoms with van der Waals surface area (Å²) < 4.78 is 10.8. The van der Waals surface area contributed by atoms with Crippen molar-refractivity contribution in [1.29, 1.82) is 0 Å². The third-order valence-electron chi connectivity index (χ3n) is 4.83. The number of para-hydroxylation sites is 1. The second-order valence-electron chi connectivity index (χ2n) is 6.81. The van der Waals surface area contributed by atoms with Gasteiger partial charge in [0.2, 0.25) is 5.88 Å². The SMILES string of the molecule is CCCOc1ccccc1C(=O)N[C@H](c1ccc(OC)nc1)C1CC(O)C1. The molecule has 1 fully saturated rings. The van der Waals surface area contributed by atoms with Crippen molar-refractivity contribution in [3.8, 4) is 11.6 Å². The second kappa shape index (κ2) is 8.86. The Morgan fingerprint density at radius 2 is 2.07 bits per heavy atom. The van der Waals surface area contributed by atoms with Crippen LogP contribution < -0.4 is 14.8 Å². The fourth-order valence-corrected chi connectivity index (χ4v) is 3.28. The maximum Gasteiger partial charge on any atom is 0.255 e. The van der Waals surface area contributed by atoms with Gasteiger partial charge in [0, 0.05) is 12.3 Å². The average Bonchev–Trinajstić information content (AvgIpc) is 2.68. The van der Waals surface area contributed by atoms with Crippen LogP contribution in [-0.2, 0) is 0 Å². The summed E-state index contributed by atoms with van der Waals surface area (Å²) in [6, 6.07) is 10.7. The predicted molar refractivity (Wildman–Crippen MR) is 102 cm³/mol. The van der Waals surface area contributed by atoms with Crippen LogP contribution >= 0.6 is 0 Å². The van der Waals surface area contributed by atoms with Crippen LogP contribution in [0.2, 0.25) is 0 Å². The van der Waals surface area contributed by atoms with Crippen LogP contribution in [0.5, 0.6) is 11.6 Å². The monoisotopic (exact) mass is 370 g/mol. The smallest absolute Gasteiger partial charge is 0.255 e. The standard InChI is InChI=1S/C21H26N2O4/c1-3-10-27-18-7-5-4-6-17(18)21(25)23-20(15-11-16(24)12-15)14-8-9-19(26-2)22-13-14/h4-9,13,15-16,20,24H,3,10-12H2,1-2H3,(H,23,25)/t15?,16?,20-/m1/s1. The zero-order valence-corrected chi connectivity index (χ0v) is 15.7. The Hall–Kier alpha value is -2.60. The molecule has 0 saturated heterocycles. The first-order chi connectivity index (χ1) is 13.1. The number of nitrogens with one attached hydrogen (secondary N) is 1. The van der Waals surface area contributed by atoms with Gasteiger partial charge in [0.25, 0.3) is 5.91 Å². The van der Waals surface area contributed by atoms with Crippen molar-refractivity contribution in [1.82, 2.24) is 10.3 Å². The van der Waals surface area contributed by atoms with Crippen molar-refractivity contribution < 1.29 is 19.4 Å². The molecule has 0 unspecified atom stereocenters. The largest absolute Gasteiger partial charge is 0.493 e. The molecule has 6 nitrogen and oxygen atoms in total. The molecule has 1 amide bonds. The van der Waals surface area contributed by atoms with E-state index in [0.717, 1.165) is 12.0 Å². The van der Waals surface area contributed by atoms with E-state index in [0.29, 0.717) is 36.6 Å². The van der Waals surface area contributed by atoms with E-state index in [1.54, 1.807) is 25.4 Å². The van der Waals surface area contributed by atoms with Crippen LogP contribution in [0.25, 0.3) is 0 Å². The Kier molecular flexibility index (Phi) is 6.29. The lowest BCUT2D eigenvalue weighted by Gasteiger charge is -2.38. The van der Waals surface area contributed by atoms with E-state index in [1.807, 2.05) is 31.2 Å². The number of hydrogen-bond acceptors (Lipinski definition) is 5. The maximum atomic E-state index is 13.0. The Bertz CT molecular complexity index is 757. The highest BCUT2D eigenvalue weighted by atomic mass is 16.5. The van der Waals surface area contributed by atoms with Crippen LogP contribution in [-0.4, -0.2) is 35.8 Å². The van der Waals surface area contributed by atoms with E-state index in [9.17, 15) is 9.90 Å². The van der Waals surface area contributed by atoms with Crippen molar-refractivity contribution in [3.63, 3.8) is 0 Å². The van der Waals surface area contributed by atoms with E-state index < -0.39 is 0 Å². The minimum Gasteiger partial charge on any atom is -0.493 e. The minimum absolute atomic E-state index is 0.169. The molecule has 0 aliphatic heterocycles. The summed E-state index contributed by atoms with van der Waals surface area (Å²) in [4.78, 5) is 17.2. The Balaban J connectivity index is 1.80. The van der Waals surface area contributed by atoms with Crippen molar-refractivity contribution in [2.24, 2.45) is 5.92 Å². The highest BCUT2D eigenvalue weighted by Gasteiger charge is 2.36. The molecule has 1 aliphatic carbocycles. The Labute approximate surface area is 159 Å². The molecule has 6 heteroatoms. The normalized spacial score (nSPS) is 19.7. The number of benzene rings is 1. The molecule has 1 aromatic carbocycles. The molecule has 1 aromatic heterocycles. The van der Waals surface area contributed by atoms with E-state index in [4.69, 9.17) is 9.47 Å². The van der Waals surface area contributed by atoms with Gasteiger partial charge in [-0.1, -0.05) is 25.1 Å². The zero-order chi connectivity index (χ0) is 19.2. The maximum absolute atomic E-state index is 13.0. The van der Waals surface area contributed by atoms with Gasteiger partial charge in [-0.25, -0.2) is 4.98 Å². The lowest BCUT2D eigenvalue weighted by Crippen LogP contribution is -2.41. The van der Waals surface area contributed by atoms with E-state index >= 15 is 0 Å². The summed E-state index contributed by atoms with van der Waals surface area (Å²) in [6.45, 7) is 2.59. The van der Waals surface area contributed by atoms with Crippen LogP contribution in [0.4, 0.5) is 0 Å². The highest BCUT2D eigenvalue weighted by Crippen LogP contribution is 2.38. The molecule has 1 aliphatic rings. The van der Waals surface area contributed by atoms with Gasteiger partial charge in [-0.2, -0.15) is 0 Å². The van der Waals surface area contributed by atoms with Crippen molar-refractivity contribution in [3.05, 3.63) is 53.7 Å². The van der Waals surface area contributed by atoms with Gasteiger partial charge in [-0.15, -0.1) is 0 Å². The van der Waals surface area contributed by atoms with E-state index in [1.165, 1.54) is 0 Å². The Morgan fingerprint density at radius 3 is 2.70 bits per heavy atom. The van der Waals surface area contributed by atoms with Crippen molar-refractivity contribution >= 4 is 5.91 Å². The molecule has 0 bridgehead atoms. The summed E-state index contributed by atoms with van der Waals surface area (Å²) in [6.07, 6.45) is 3.60. The number of methoxy groups -OCH3 is 1. The number of carbonyl (C=O) groups excluding carboxylic acids is 1. The fraction of sp³-hybridized carbons (Fsp3) is 0.429. The lowest BCUT2D eigenvalue weighted by molar-refractivity contribution is 0.0234. The summed E-state index contributed by atoms with van der Waals surface area (Å²) in [7, 11) is 1.57. The fourth-order valence-electron chi connectivity index (χ4n) is 3.28. The number of nitrogens with zero attached hydrogens (tertiary/aromatic N) is 1. The van der Waals surface area contributed by atoms with Gasteiger partial charge in [0.15, 0.2) is 0 Å². The first-order valence-corrected chi connectivity index (χ1v) is 9.33. The molecule has 3 rings (SSSR count). The number of hydrogen-bond donors (Lipinski definition) is 2. The molecule has 0 radical (unpaired) electrons. The number of carbonyl (C=O) groups is 1. The van der Waals surface area contributed by atoms with Gasteiger partial charge < -0.3 is 19.9 Å². The molecule has 2 N–H and O–H groups in total. The number of aromatic nitrogens is 1. The number of pyridine rings is 1. The quantitative estimate of drug-likeness (QED) is 0.746. The second-order valence-corrected chi connectivity index (χ2v) is 6.81. The van der Waals surface area contributed by atoms with E-state index in [-0.39, 0.29) is 24.0 Å². The van der Waals surface area contributed by atoms with Crippen LogP contribution in [0, 0.1) is 5.92 Å². The van der Waals surface area contributed by atoms with Crippen molar-refractivity contribution in [2.45, 2.75) is 38.3 Å². The topological polar surface area (TPSA) is 80.7 Å². The number of aliphatic hydroxyl groups excluding tert-OH is 1. The van der Waals surface area contributed by atoms with Crippen LogP contribution in [0.1, 0.15) is 48.1 Å². The number of ether oxygens (including phenoxy) is 2. The van der Waals surface area contributed by atoms with Crippen molar-refractivity contribution in [2.75, 3.05) is 13.7 Å². The highest BCUT2D eigenvalue weighted by molar-refractivity contribution is 5.97. The number of amides is 1.